The van der Waals surface area contributed by atoms with Gasteiger partial charge in [-0.3, -0.25) is 0 Å². The Hall–Kier alpha value is -0.950. The van der Waals surface area contributed by atoms with Crippen LogP contribution in [0, 0.1) is 5.92 Å². The first-order valence-corrected chi connectivity index (χ1v) is 9.37. The largest absolute Gasteiger partial charge is 0.396 e. The Balaban J connectivity index is 1.82. The fourth-order valence-electron chi connectivity index (χ4n) is 3.10. The van der Waals surface area contributed by atoms with Crippen LogP contribution in [0.15, 0.2) is 29.2 Å². The first-order chi connectivity index (χ1) is 10.4. The van der Waals surface area contributed by atoms with E-state index >= 15 is 0 Å². The summed E-state index contributed by atoms with van der Waals surface area (Å²) in [5.41, 5.74) is 1.11. The van der Waals surface area contributed by atoms with Gasteiger partial charge in [0, 0.05) is 19.2 Å². The van der Waals surface area contributed by atoms with E-state index in [4.69, 9.17) is 5.14 Å². The summed E-state index contributed by atoms with van der Waals surface area (Å²) in [7, 11) is -1.47. The third kappa shape index (κ3) is 4.78. The standard InChI is InChI=1S/C16H26N2O3S/c1-18(15-6-2-14(12-19)3-7-15)11-10-13-4-8-16(9-5-13)22(17,20)21/h4-5,8-9,14-15,19H,2-3,6-7,10-12H2,1H3,(H2,17,20,21). The first-order valence-electron chi connectivity index (χ1n) is 7.83. The van der Waals surface area contributed by atoms with Gasteiger partial charge in [0.1, 0.15) is 0 Å². The lowest BCUT2D eigenvalue weighted by Crippen LogP contribution is -2.36. The number of likely N-dealkylation sites (N-methyl/N-ethyl adjacent to an activating group) is 1. The van der Waals surface area contributed by atoms with Crippen LogP contribution >= 0.6 is 0 Å². The van der Waals surface area contributed by atoms with E-state index in [2.05, 4.69) is 11.9 Å². The molecule has 0 spiro atoms. The zero-order valence-corrected chi connectivity index (χ0v) is 13.9. The fraction of sp³-hybridized carbons (Fsp3) is 0.625. The number of rotatable bonds is 6. The Morgan fingerprint density at radius 3 is 2.27 bits per heavy atom. The smallest absolute Gasteiger partial charge is 0.238 e. The van der Waals surface area contributed by atoms with Gasteiger partial charge in [0.05, 0.1) is 4.90 Å². The molecule has 0 aliphatic heterocycles. The lowest BCUT2D eigenvalue weighted by Gasteiger charge is -2.34. The van der Waals surface area contributed by atoms with E-state index in [9.17, 15) is 13.5 Å². The zero-order chi connectivity index (χ0) is 16.2. The molecule has 0 bridgehead atoms. The van der Waals surface area contributed by atoms with Crippen molar-refractivity contribution in [2.45, 2.75) is 43.0 Å². The Morgan fingerprint density at radius 1 is 1.18 bits per heavy atom. The van der Waals surface area contributed by atoms with E-state index in [0.717, 1.165) is 44.2 Å². The van der Waals surface area contributed by atoms with Gasteiger partial charge in [0.15, 0.2) is 0 Å². The second-order valence-corrected chi connectivity index (χ2v) is 7.84. The highest BCUT2D eigenvalue weighted by Gasteiger charge is 2.23. The van der Waals surface area contributed by atoms with Gasteiger partial charge in [-0.25, -0.2) is 13.6 Å². The number of benzene rings is 1. The summed E-state index contributed by atoms with van der Waals surface area (Å²) in [6.07, 6.45) is 5.39. The predicted molar refractivity (Wildman–Crippen MR) is 87.0 cm³/mol. The summed E-state index contributed by atoms with van der Waals surface area (Å²) < 4.78 is 22.4. The average Bonchev–Trinajstić information content (AvgIpc) is 2.52. The van der Waals surface area contributed by atoms with E-state index in [0.29, 0.717) is 18.6 Å². The predicted octanol–water partition coefficient (Wildman–Crippen LogP) is 1.36. The minimum Gasteiger partial charge on any atom is -0.396 e. The first kappa shape index (κ1) is 17.4. The average molecular weight is 326 g/mol. The van der Waals surface area contributed by atoms with Crippen molar-refractivity contribution in [3.63, 3.8) is 0 Å². The molecular weight excluding hydrogens is 300 g/mol. The van der Waals surface area contributed by atoms with Crippen LogP contribution in [0.4, 0.5) is 0 Å². The van der Waals surface area contributed by atoms with E-state index in [1.54, 1.807) is 12.1 Å². The number of nitrogens with zero attached hydrogens (tertiary/aromatic N) is 1. The van der Waals surface area contributed by atoms with Crippen LogP contribution in [-0.4, -0.2) is 44.7 Å². The van der Waals surface area contributed by atoms with Crippen molar-refractivity contribution in [3.05, 3.63) is 29.8 Å². The van der Waals surface area contributed by atoms with Crippen LogP contribution in [0.1, 0.15) is 31.2 Å². The van der Waals surface area contributed by atoms with Crippen molar-refractivity contribution in [3.8, 4) is 0 Å². The highest BCUT2D eigenvalue weighted by molar-refractivity contribution is 7.89. The summed E-state index contributed by atoms with van der Waals surface area (Å²) in [6, 6.07) is 7.38. The Bertz CT molecular complexity index is 564. The minimum atomic E-state index is -3.61. The maximum Gasteiger partial charge on any atom is 0.238 e. The number of hydrogen-bond acceptors (Lipinski definition) is 4. The van der Waals surface area contributed by atoms with E-state index in [1.807, 2.05) is 12.1 Å². The van der Waals surface area contributed by atoms with Crippen molar-refractivity contribution < 1.29 is 13.5 Å². The molecule has 0 unspecified atom stereocenters. The summed E-state index contributed by atoms with van der Waals surface area (Å²) >= 11 is 0. The van der Waals surface area contributed by atoms with Crippen LogP contribution in [0.25, 0.3) is 0 Å². The summed E-state index contributed by atoms with van der Waals surface area (Å²) in [6.45, 7) is 1.26. The summed E-state index contributed by atoms with van der Waals surface area (Å²) in [5.74, 6) is 0.482. The highest BCUT2D eigenvalue weighted by Crippen LogP contribution is 2.26. The third-order valence-electron chi connectivity index (χ3n) is 4.70. The molecule has 22 heavy (non-hydrogen) atoms. The number of hydrogen-bond donors (Lipinski definition) is 2. The molecule has 2 rings (SSSR count). The van der Waals surface area contributed by atoms with Gasteiger partial charge in [-0.05, 0) is 62.8 Å². The monoisotopic (exact) mass is 326 g/mol. The summed E-state index contributed by atoms with van der Waals surface area (Å²) in [4.78, 5) is 2.54. The molecule has 0 aromatic heterocycles. The molecule has 0 heterocycles. The second kappa shape index (κ2) is 7.55. The topological polar surface area (TPSA) is 83.6 Å². The molecule has 1 aliphatic rings. The SMILES string of the molecule is CN(CCc1ccc(S(N)(=O)=O)cc1)C1CCC(CO)CC1. The molecule has 0 radical (unpaired) electrons. The van der Waals surface area contributed by atoms with E-state index in [-0.39, 0.29) is 4.90 Å². The van der Waals surface area contributed by atoms with Gasteiger partial charge in [0.2, 0.25) is 10.0 Å². The van der Waals surface area contributed by atoms with Crippen LogP contribution in [0.2, 0.25) is 0 Å². The quantitative estimate of drug-likeness (QED) is 0.827. The van der Waals surface area contributed by atoms with Crippen molar-refractivity contribution in [2.75, 3.05) is 20.2 Å². The van der Waals surface area contributed by atoms with Crippen molar-refractivity contribution in [1.29, 1.82) is 0 Å². The van der Waals surface area contributed by atoms with Crippen LogP contribution < -0.4 is 5.14 Å². The van der Waals surface area contributed by atoms with Crippen molar-refractivity contribution >= 4 is 10.0 Å². The van der Waals surface area contributed by atoms with Gasteiger partial charge in [-0.15, -0.1) is 0 Å². The molecule has 1 aromatic rings. The molecule has 0 saturated heterocycles. The normalized spacial score (nSPS) is 22.9. The molecular formula is C16H26N2O3S. The lowest BCUT2D eigenvalue weighted by atomic mass is 9.86. The van der Waals surface area contributed by atoms with E-state index in [1.165, 1.54) is 0 Å². The maximum atomic E-state index is 11.2. The molecule has 1 aliphatic carbocycles. The maximum absolute atomic E-state index is 11.2. The van der Waals surface area contributed by atoms with Crippen molar-refractivity contribution in [2.24, 2.45) is 11.1 Å². The van der Waals surface area contributed by atoms with Gasteiger partial charge in [0.25, 0.3) is 0 Å². The lowest BCUT2D eigenvalue weighted by molar-refractivity contribution is 0.128. The van der Waals surface area contributed by atoms with Crippen LogP contribution in [0.3, 0.4) is 0 Å². The number of primary sulfonamides is 1. The molecule has 5 nitrogen and oxygen atoms in total. The van der Waals surface area contributed by atoms with Crippen LogP contribution in [-0.2, 0) is 16.4 Å². The number of aliphatic hydroxyl groups is 1. The molecule has 1 fully saturated rings. The number of aliphatic hydroxyl groups excluding tert-OH is 1. The number of sulfonamides is 1. The van der Waals surface area contributed by atoms with Gasteiger partial charge in [-0.2, -0.15) is 0 Å². The Morgan fingerprint density at radius 2 is 1.77 bits per heavy atom. The van der Waals surface area contributed by atoms with Crippen LogP contribution in [0.5, 0.6) is 0 Å². The minimum absolute atomic E-state index is 0.159. The number of nitrogens with two attached hydrogens (primary N) is 1. The molecule has 1 aromatic carbocycles. The molecule has 0 amide bonds. The Kier molecular flexibility index (Phi) is 5.97. The molecule has 124 valence electrons. The fourth-order valence-corrected chi connectivity index (χ4v) is 3.62. The summed E-state index contributed by atoms with van der Waals surface area (Å²) in [5, 5.41) is 14.3. The van der Waals surface area contributed by atoms with Gasteiger partial charge >= 0.3 is 0 Å². The van der Waals surface area contributed by atoms with E-state index < -0.39 is 10.0 Å². The highest BCUT2D eigenvalue weighted by atomic mass is 32.2. The van der Waals surface area contributed by atoms with Crippen molar-refractivity contribution in [1.82, 2.24) is 4.90 Å². The molecule has 1 saturated carbocycles. The van der Waals surface area contributed by atoms with Gasteiger partial charge in [-0.1, -0.05) is 12.1 Å². The molecule has 3 N–H and O–H groups in total. The zero-order valence-electron chi connectivity index (χ0n) is 13.1. The second-order valence-electron chi connectivity index (χ2n) is 6.28. The third-order valence-corrected chi connectivity index (χ3v) is 5.63. The Labute approximate surface area is 133 Å². The molecule has 0 atom stereocenters. The van der Waals surface area contributed by atoms with Gasteiger partial charge < -0.3 is 10.0 Å². The molecule has 6 heteroatoms.